The van der Waals surface area contributed by atoms with Crippen LogP contribution in [0.2, 0.25) is 0 Å². The number of nitrogens with zero attached hydrogens (tertiary/aromatic N) is 1. The van der Waals surface area contributed by atoms with E-state index in [1.54, 1.807) is 0 Å². The molecule has 0 radical (unpaired) electrons. The van der Waals surface area contributed by atoms with Gasteiger partial charge in [-0.25, -0.2) is 0 Å². The van der Waals surface area contributed by atoms with Crippen LogP contribution in [0.4, 0.5) is 0 Å². The first-order valence-corrected chi connectivity index (χ1v) is 7.71. The molecule has 1 N–H and O–H groups in total. The molecule has 0 aliphatic heterocycles. The van der Waals surface area contributed by atoms with Gasteiger partial charge in [0, 0.05) is 22.3 Å². The lowest BCUT2D eigenvalue weighted by Gasteiger charge is -2.20. The maximum Gasteiger partial charge on any atom is 0.0672 e. The van der Waals surface area contributed by atoms with Crippen LogP contribution in [0, 0.1) is 31.1 Å². The molecule has 1 aliphatic carbocycles. The molecule has 2 rings (SSSR count). The summed E-state index contributed by atoms with van der Waals surface area (Å²) in [5.41, 5.74) is 1.38. The van der Waals surface area contributed by atoms with Crippen LogP contribution >= 0.6 is 11.3 Å². The first kappa shape index (κ1) is 13.6. The highest BCUT2D eigenvalue weighted by molar-refractivity contribution is 7.12. The Morgan fingerprint density at radius 2 is 2.11 bits per heavy atom. The van der Waals surface area contributed by atoms with Crippen LogP contribution in [0.15, 0.2) is 6.07 Å². The highest BCUT2D eigenvalue weighted by atomic mass is 32.1. The molecule has 0 spiro atoms. The number of aryl methyl sites for hydroxylation is 2. The van der Waals surface area contributed by atoms with Crippen molar-refractivity contribution in [2.45, 2.75) is 58.5 Å². The van der Waals surface area contributed by atoms with Gasteiger partial charge in [-0.1, -0.05) is 19.3 Å². The van der Waals surface area contributed by atoms with Crippen molar-refractivity contribution >= 4 is 11.3 Å². The summed E-state index contributed by atoms with van der Waals surface area (Å²) < 4.78 is 0. The average molecular weight is 262 g/mol. The number of hydrogen-bond acceptors (Lipinski definition) is 3. The molecule has 3 heteroatoms. The van der Waals surface area contributed by atoms with Crippen molar-refractivity contribution in [2.75, 3.05) is 0 Å². The van der Waals surface area contributed by atoms with Crippen LogP contribution in [0.5, 0.6) is 0 Å². The Balaban J connectivity index is 1.93. The third-order valence-electron chi connectivity index (χ3n) is 3.94. The zero-order valence-electron chi connectivity index (χ0n) is 11.3. The van der Waals surface area contributed by atoms with E-state index in [0.717, 1.165) is 19.4 Å². The molecule has 0 saturated heterocycles. The Morgan fingerprint density at radius 1 is 1.33 bits per heavy atom. The Kier molecular flexibility index (Phi) is 4.79. The minimum Gasteiger partial charge on any atom is -0.308 e. The molecule has 1 saturated carbocycles. The molecule has 2 atom stereocenters. The molecule has 1 aromatic heterocycles. The molecule has 2 unspecified atom stereocenters. The third-order valence-corrected chi connectivity index (χ3v) is 5.09. The van der Waals surface area contributed by atoms with Crippen LogP contribution < -0.4 is 5.32 Å². The van der Waals surface area contributed by atoms with Gasteiger partial charge in [-0.3, -0.25) is 0 Å². The minimum absolute atomic E-state index is 0.203. The molecule has 1 aromatic rings. The predicted octanol–water partition coefficient (Wildman–Crippen LogP) is 3.93. The van der Waals surface area contributed by atoms with Crippen molar-refractivity contribution in [2.24, 2.45) is 5.92 Å². The molecule has 1 heterocycles. The van der Waals surface area contributed by atoms with Crippen LogP contribution in [0.3, 0.4) is 0 Å². The lowest BCUT2D eigenvalue weighted by molar-refractivity contribution is 0.395. The molecule has 1 fully saturated rings. The normalized spacial score (nSPS) is 24.5. The zero-order chi connectivity index (χ0) is 13.0. The Morgan fingerprint density at radius 3 is 2.78 bits per heavy atom. The van der Waals surface area contributed by atoms with Gasteiger partial charge in [0.25, 0.3) is 0 Å². The van der Waals surface area contributed by atoms with E-state index >= 15 is 0 Å². The van der Waals surface area contributed by atoms with Gasteiger partial charge in [-0.2, -0.15) is 5.26 Å². The van der Waals surface area contributed by atoms with Gasteiger partial charge in [0.1, 0.15) is 0 Å². The molecule has 0 aromatic carbocycles. The van der Waals surface area contributed by atoms with Crippen LogP contribution in [0.1, 0.15) is 47.4 Å². The largest absolute Gasteiger partial charge is 0.308 e. The first-order chi connectivity index (χ1) is 8.70. The lowest BCUT2D eigenvalue weighted by Crippen LogP contribution is -2.34. The molecular formula is C15H22N2S. The SMILES string of the molecule is Cc1cc(CNC2CCCCCC2C#N)sc1C. The van der Waals surface area contributed by atoms with Crippen molar-refractivity contribution < 1.29 is 0 Å². The van der Waals surface area contributed by atoms with Crippen LogP contribution in [0.25, 0.3) is 0 Å². The quantitative estimate of drug-likeness (QED) is 0.838. The summed E-state index contributed by atoms with van der Waals surface area (Å²) in [4.78, 5) is 2.80. The number of nitrogens with one attached hydrogen (secondary N) is 1. The molecule has 18 heavy (non-hydrogen) atoms. The van der Waals surface area contributed by atoms with E-state index in [4.69, 9.17) is 0 Å². The predicted molar refractivity (Wildman–Crippen MR) is 76.6 cm³/mol. The summed E-state index contributed by atoms with van der Waals surface area (Å²) in [5.74, 6) is 0.203. The Labute approximate surface area is 114 Å². The lowest BCUT2D eigenvalue weighted by atomic mass is 9.96. The van der Waals surface area contributed by atoms with Gasteiger partial charge in [0.15, 0.2) is 0 Å². The summed E-state index contributed by atoms with van der Waals surface area (Å²) in [6.07, 6.45) is 5.98. The van der Waals surface area contributed by atoms with Crippen molar-refractivity contribution in [1.29, 1.82) is 5.26 Å². The van der Waals surface area contributed by atoms with Gasteiger partial charge < -0.3 is 5.32 Å². The first-order valence-electron chi connectivity index (χ1n) is 6.89. The second-order valence-electron chi connectivity index (χ2n) is 5.31. The van der Waals surface area contributed by atoms with E-state index in [9.17, 15) is 5.26 Å². The van der Waals surface area contributed by atoms with Crippen LogP contribution in [-0.2, 0) is 6.54 Å². The van der Waals surface area contributed by atoms with Gasteiger partial charge in [-0.15, -0.1) is 11.3 Å². The van der Waals surface area contributed by atoms with E-state index in [1.807, 2.05) is 11.3 Å². The van der Waals surface area contributed by atoms with Crippen LogP contribution in [-0.4, -0.2) is 6.04 Å². The van der Waals surface area contributed by atoms with Crippen molar-refractivity contribution in [3.05, 3.63) is 21.4 Å². The number of hydrogen-bond donors (Lipinski definition) is 1. The van der Waals surface area contributed by atoms with E-state index < -0.39 is 0 Å². The maximum atomic E-state index is 9.24. The molecule has 98 valence electrons. The maximum absolute atomic E-state index is 9.24. The third kappa shape index (κ3) is 3.34. The molecule has 0 amide bonds. The summed E-state index contributed by atoms with van der Waals surface area (Å²) in [6, 6.07) is 5.15. The number of rotatable bonds is 3. The number of thiophene rings is 1. The second-order valence-corrected chi connectivity index (χ2v) is 6.65. The van der Waals surface area contributed by atoms with E-state index in [-0.39, 0.29) is 5.92 Å². The molecular weight excluding hydrogens is 240 g/mol. The average Bonchev–Trinajstić information content (AvgIpc) is 2.57. The smallest absolute Gasteiger partial charge is 0.0672 e. The topological polar surface area (TPSA) is 35.8 Å². The fourth-order valence-corrected chi connectivity index (χ4v) is 3.68. The highest BCUT2D eigenvalue weighted by Gasteiger charge is 2.22. The standard InChI is InChI=1S/C15H22N2S/c1-11-8-14(18-12(11)2)10-17-15-7-5-3-4-6-13(15)9-16/h8,13,15,17H,3-7,10H2,1-2H3. The molecule has 2 nitrogen and oxygen atoms in total. The highest BCUT2D eigenvalue weighted by Crippen LogP contribution is 2.25. The number of nitriles is 1. The Bertz CT molecular complexity index is 411. The van der Waals surface area contributed by atoms with E-state index in [2.05, 4.69) is 31.3 Å². The second kappa shape index (κ2) is 6.36. The van der Waals surface area contributed by atoms with Gasteiger partial charge in [0.05, 0.1) is 12.0 Å². The summed E-state index contributed by atoms with van der Waals surface area (Å²) in [7, 11) is 0. The zero-order valence-corrected chi connectivity index (χ0v) is 12.1. The van der Waals surface area contributed by atoms with Crippen molar-refractivity contribution in [3.63, 3.8) is 0 Å². The van der Waals surface area contributed by atoms with E-state index in [1.165, 1.54) is 34.6 Å². The summed E-state index contributed by atoms with van der Waals surface area (Å²) >= 11 is 1.87. The van der Waals surface area contributed by atoms with Gasteiger partial charge in [-0.05, 0) is 38.3 Å². The monoisotopic (exact) mass is 262 g/mol. The summed E-state index contributed by atoms with van der Waals surface area (Å²) in [6.45, 7) is 5.26. The van der Waals surface area contributed by atoms with Crippen molar-refractivity contribution in [1.82, 2.24) is 5.32 Å². The molecule has 0 bridgehead atoms. The van der Waals surface area contributed by atoms with Gasteiger partial charge >= 0.3 is 0 Å². The van der Waals surface area contributed by atoms with Crippen molar-refractivity contribution in [3.8, 4) is 6.07 Å². The Hall–Kier alpha value is -0.850. The summed E-state index contributed by atoms with van der Waals surface area (Å²) in [5, 5.41) is 12.9. The molecule has 1 aliphatic rings. The van der Waals surface area contributed by atoms with Gasteiger partial charge in [0.2, 0.25) is 0 Å². The van der Waals surface area contributed by atoms with E-state index in [0.29, 0.717) is 6.04 Å². The minimum atomic E-state index is 0.203. The fraction of sp³-hybridized carbons (Fsp3) is 0.667. The fourth-order valence-electron chi connectivity index (χ4n) is 2.68.